The fourth-order valence-electron chi connectivity index (χ4n) is 3.63. The molecule has 2 aliphatic heterocycles. The number of fused-ring (bicyclic) bond motifs is 1. The highest BCUT2D eigenvalue weighted by molar-refractivity contribution is 5.97. The summed E-state index contributed by atoms with van der Waals surface area (Å²) >= 11 is 0. The summed E-state index contributed by atoms with van der Waals surface area (Å²) in [4.78, 5) is 28.0. The summed E-state index contributed by atoms with van der Waals surface area (Å²) in [6.45, 7) is 5.42. The number of hydrogen-bond acceptors (Lipinski definition) is 3. The predicted octanol–water partition coefficient (Wildman–Crippen LogP) is 1.83. The van der Waals surface area contributed by atoms with Crippen molar-refractivity contribution in [1.82, 2.24) is 4.90 Å². The van der Waals surface area contributed by atoms with Crippen molar-refractivity contribution in [2.75, 3.05) is 24.5 Å². The van der Waals surface area contributed by atoms with Crippen LogP contribution in [-0.2, 0) is 11.2 Å². The molecule has 0 aliphatic carbocycles. The maximum atomic E-state index is 12.7. The number of aliphatic hydroxyl groups is 1. The van der Waals surface area contributed by atoms with Gasteiger partial charge in [0.15, 0.2) is 0 Å². The zero-order chi connectivity index (χ0) is 16.6. The minimum absolute atomic E-state index is 0.0272. The number of carbonyl (C=O) groups is 2. The zero-order valence-corrected chi connectivity index (χ0v) is 13.8. The van der Waals surface area contributed by atoms with Crippen LogP contribution in [0.5, 0.6) is 0 Å². The second-order valence-electron chi connectivity index (χ2n) is 6.66. The average molecular weight is 316 g/mol. The van der Waals surface area contributed by atoms with Crippen LogP contribution in [0.3, 0.4) is 0 Å². The average Bonchev–Trinajstić information content (AvgIpc) is 2.97. The fourth-order valence-corrected chi connectivity index (χ4v) is 3.63. The summed E-state index contributed by atoms with van der Waals surface area (Å²) in [6, 6.07) is 5.62. The third-order valence-electron chi connectivity index (χ3n) is 5.03. The van der Waals surface area contributed by atoms with Crippen molar-refractivity contribution in [3.63, 3.8) is 0 Å². The van der Waals surface area contributed by atoms with Crippen LogP contribution >= 0.6 is 0 Å². The van der Waals surface area contributed by atoms with Crippen molar-refractivity contribution in [3.05, 3.63) is 29.3 Å². The van der Waals surface area contributed by atoms with E-state index in [4.69, 9.17) is 0 Å². The van der Waals surface area contributed by atoms with Gasteiger partial charge in [-0.2, -0.15) is 0 Å². The van der Waals surface area contributed by atoms with Gasteiger partial charge in [0.2, 0.25) is 5.91 Å². The quantitative estimate of drug-likeness (QED) is 0.905. The van der Waals surface area contributed by atoms with Gasteiger partial charge in [-0.1, -0.05) is 0 Å². The molecular weight excluding hydrogens is 292 g/mol. The number of hydrogen-bond donors (Lipinski definition) is 1. The maximum Gasteiger partial charge on any atom is 0.253 e. The second kappa shape index (κ2) is 6.32. The van der Waals surface area contributed by atoms with Gasteiger partial charge in [0.05, 0.1) is 6.10 Å². The number of benzene rings is 1. The summed E-state index contributed by atoms with van der Waals surface area (Å²) in [7, 11) is 0. The van der Waals surface area contributed by atoms with Crippen molar-refractivity contribution in [2.24, 2.45) is 5.92 Å². The molecule has 3 rings (SSSR count). The van der Waals surface area contributed by atoms with E-state index in [0.717, 1.165) is 37.1 Å². The van der Waals surface area contributed by atoms with Crippen LogP contribution in [0.4, 0.5) is 5.69 Å². The highest BCUT2D eigenvalue weighted by Gasteiger charge is 2.28. The maximum absolute atomic E-state index is 12.7. The first kappa shape index (κ1) is 16.0. The summed E-state index contributed by atoms with van der Waals surface area (Å²) in [6.07, 6.45) is 2.32. The number of aliphatic hydroxyl groups excluding tert-OH is 1. The van der Waals surface area contributed by atoms with Gasteiger partial charge in [-0.25, -0.2) is 0 Å². The lowest BCUT2D eigenvalue weighted by atomic mass is 9.93. The molecule has 1 saturated heterocycles. The van der Waals surface area contributed by atoms with Crippen LogP contribution in [0.15, 0.2) is 18.2 Å². The Kier molecular flexibility index (Phi) is 4.39. The number of anilines is 1. The summed E-state index contributed by atoms with van der Waals surface area (Å²) < 4.78 is 0. The molecule has 23 heavy (non-hydrogen) atoms. The lowest BCUT2D eigenvalue weighted by molar-refractivity contribution is -0.116. The molecule has 5 nitrogen and oxygen atoms in total. The van der Waals surface area contributed by atoms with Gasteiger partial charge in [-0.05, 0) is 49.9 Å². The molecule has 1 fully saturated rings. The molecule has 0 aromatic heterocycles. The Morgan fingerprint density at radius 3 is 2.78 bits per heavy atom. The van der Waals surface area contributed by atoms with E-state index in [1.165, 1.54) is 0 Å². The molecule has 0 radical (unpaired) electrons. The van der Waals surface area contributed by atoms with E-state index in [1.807, 2.05) is 23.1 Å². The molecular formula is C18H24N2O3. The SMILES string of the molecule is CC(=O)N1CCc2cc(C(=O)N3CCCC(C(C)O)C3)ccc21. The third kappa shape index (κ3) is 3.11. The topological polar surface area (TPSA) is 60.9 Å². The van der Waals surface area contributed by atoms with Crippen molar-refractivity contribution >= 4 is 17.5 Å². The van der Waals surface area contributed by atoms with E-state index >= 15 is 0 Å². The number of amides is 2. The molecule has 2 unspecified atom stereocenters. The second-order valence-corrected chi connectivity index (χ2v) is 6.66. The van der Waals surface area contributed by atoms with E-state index in [9.17, 15) is 14.7 Å². The Labute approximate surface area is 136 Å². The summed E-state index contributed by atoms with van der Waals surface area (Å²) in [5, 5.41) is 9.78. The Balaban J connectivity index is 1.77. The molecule has 1 aromatic rings. The number of rotatable bonds is 2. The van der Waals surface area contributed by atoms with Crippen LogP contribution in [-0.4, -0.2) is 47.6 Å². The molecule has 5 heteroatoms. The number of piperidine rings is 1. The molecule has 0 bridgehead atoms. The Morgan fingerprint density at radius 1 is 1.30 bits per heavy atom. The fraction of sp³-hybridized carbons (Fsp3) is 0.556. The van der Waals surface area contributed by atoms with Gasteiger partial charge >= 0.3 is 0 Å². The minimum Gasteiger partial charge on any atom is -0.393 e. The largest absolute Gasteiger partial charge is 0.393 e. The Hall–Kier alpha value is -1.88. The predicted molar refractivity (Wildman–Crippen MR) is 88.5 cm³/mol. The van der Waals surface area contributed by atoms with Gasteiger partial charge in [0.25, 0.3) is 5.91 Å². The zero-order valence-electron chi connectivity index (χ0n) is 13.8. The van der Waals surface area contributed by atoms with Gasteiger partial charge < -0.3 is 14.9 Å². The van der Waals surface area contributed by atoms with Gasteiger partial charge in [0, 0.05) is 43.7 Å². The molecule has 1 aromatic carbocycles. The van der Waals surface area contributed by atoms with Crippen molar-refractivity contribution in [3.8, 4) is 0 Å². The van der Waals surface area contributed by atoms with E-state index < -0.39 is 0 Å². The highest BCUT2D eigenvalue weighted by Crippen LogP contribution is 2.30. The number of nitrogens with zero attached hydrogens (tertiary/aromatic N) is 2. The van der Waals surface area contributed by atoms with E-state index in [2.05, 4.69) is 0 Å². The molecule has 124 valence electrons. The number of carbonyl (C=O) groups excluding carboxylic acids is 2. The van der Waals surface area contributed by atoms with Crippen LogP contribution in [0, 0.1) is 5.92 Å². The molecule has 2 aliphatic rings. The van der Waals surface area contributed by atoms with E-state index in [1.54, 1.807) is 18.7 Å². The van der Waals surface area contributed by atoms with Gasteiger partial charge in [0.1, 0.15) is 0 Å². The van der Waals surface area contributed by atoms with Crippen LogP contribution in [0.25, 0.3) is 0 Å². The van der Waals surface area contributed by atoms with Crippen LogP contribution < -0.4 is 4.90 Å². The van der Waals surface area contributed by atoms with Gasteiger partial charge in [-0.15, -0.1) is 0 Å². The first-order chi connectivity index (χ1) is 11.0. The molecule has 0 saturated carbocycles. The van der Waals surface area contributed by atoms with Crippen LogP contribution in [0.1, 0.15) is 42.6 Å². The lowest BCUT2D eigenvalue weighted by Crippen LogP contribution is -2.42. The van der Waals surface area contributed by atoms with Crippen molar-refractivity contribution < 1.29 is 14.7 Å². The normalized spacial score (nSPS) is 22.0. The number of likely N-dealkylation sites (tertiary alicyclic amines) is 1. The van der Waals surface area contributed by atoms with Crippen molar-refractivity contribution in [2.45, 2.75) is 39.2 Å². The molecule has 2 atom stereocenters. The van der Waals surface area contributed by atoms with Crippen LogP contribution in [0.2, 0.25) is 0 Å². The lowest BCUT2D eigenvalue weighted by Gasteiger charge is -2.34. The molecule has 2 heterocycles. The standard InChI is InChI=1S/C18H24N2O3/c1-12(21)16-4-3-8-19(11-16)18(23)15-5-6-17-14(10-15)7-9-20(17)13(2)22/h5-6,10,12,16,21H,3-4,7-9,11H2,1-2H3. The smallest absolute Gasteiger partial charge is 0.253 e. The summed E-state index contributed by atoms with van der Waals surface area (Å²) in [5.74, 6) is 0.230. The first-order valence-corrected chi connectivity index (χ1v) is 8.35. The Morgan fingerprint density at radius 2 is 2.09 bits per heavy atom. The van der Waals surface area contributed by atoms with Crippen molar-refractivity contribution in [1.29, 1.82) is 0 Å². The first-order valence-electron chi connectivity index (χ1n) is 8.35. The minimum atomic E-state index is -0.380. The molecule has 2 amide bonds. The molecule has 1 N–H and O–H groups in total. The summed E-state index contributed by atoms with van der Waals surface area (Å²) in [5.41, 5.74) is 2.67. The highest BCUT2D eigenvalue weighted by atomic mass is 16.3. The monoisotopic (exact) mass is 316 g/mol. The Bertz CT molecular complexity index is 627. The molecule has 0 spiro atoms. The van der Waals surface area contributed by atoms with E-state index in [0.29, 0.717) is 18.7 Å². The third-order valence-corrected chi connectivity index (χ3v) is 5.03. The van der Waals surface area contributed by atoms with E-state index in [-0.39, 0.29) is 23.8 Å². The van der Waals surface area contributed by atoms with Gasteiger partial charge in [-0.3, -0.25) is 9.59 Å².